The van der Waals surface area contributed by atoms with E-state index in [1.54, 1.807) is 6.92 Å². The molecule has 96 valence electrons. The van der Waals surface area contributed by atoms with Gasteiger partial charge in [-0.25, -0.2) is 0 Å². The molecule has 0 unspecified atom stereocenters. The highest BCUT2D eigenvalue weighted by molar-refractivity contribution is 5.73. The molecule has 0 aromatic rings. The summed E-state index contributed by atoms with van der Waals surface area (Å²) in [6.45, 7) is 9.30. The third-order valence-corrected chi connectivity index (χ3v) is 2.41. The van der Waals surface area contributed by atoms with Crippen molar-refractivity contribution in [1.82, 2.24) is 0 Å². The van der Waals surface area contributed by atoms with Gasteiger partial charge in [0.25, 0.3) is 0 Å². The fourth-order valence-corrected chi connectivity index (χ4v) is 1.55. The Morgan fingerprint density at radius 2 is 1.88 bits per heavy atom. The number of ether oxygens (including phenoxy) is 1. The molecule has 0 aliphatic carbocycles. The van der Waals surface area contributed by atoms with Crippen LogP contribution in [-0.4, -0.2) is 22.8 Å². The number of carbonyl (C=O) groups is 1. The van der Waals surface area contributed by atoms with Crippen molar-refractivity contribution in [2.24, 2.45) is 5.92 Å². The molecule has 3 heteroatoms. The van der Waals surface area contributed by atoms with E-state index >= 15 is 0 Å². The number of aliphatic hydroxyl groups excluding tert-OH is 1. The normalized spacial score (nSPS) is 15.6. The van der Waals surface area contributed by atoms with Gasteiger partial charge in [-0.2, -0.15) is 0 Å². The highest BCUT2D eigenvalue weighted by Gasteiger charge is 2.28. The number of rotatable bonds is 6. The van der Waals surface area contributed by atoms with Crippen molar-refractivity contribution in [2.75, 3.05) is 0 Å². The fourth-order valence-electron chi connectivity index (χ4n) is 1.55. The predicted molar refractivity (Wildman–Crippen MR) is 65.2 cm³/mol. The topological polar surface area (TPSA) is 46.5 Å². The summed E-state index contributed by atoms with van der Waals surface area (Å²) in [5.74, 6) is -0.663. The molecule has 0 aromatic carbocycles. The van der Waals surface area contributed by atoms with Crippen LogP contribution in [0.4, 0.5) is 0 Å². The number of carbonyl (C=O) groups excluding carboxylic acids is 1. The smallest absolute Gasteiger partial charge is 0.312 e. The van der Waals surface area contributed by atoms with Crippen molar-refractivity contribution in [2.45, 2.75) is 72.0 Å². The van der Waals surface area contributed by atoms with E-state index in [4.69, 9.17) is 4.74 Å². The zero-order chi connectivity index (χ0) is 12.8. The van der Waals surface area contributed by atoms with E-state index in [0.717, 1.165) is 19.3 Å². The largest absolute Gasteiger partial charge is 0.460 e. The van der Waals surface area contributed by atoms with Crippen LogP contribution in [0, 0.1) is 5.92 Å². The van der Waals surface area contributed by atoms with E-state index in [9.17, 15) is 9.90 Å². The minimum atomic E-state index is -0.633. The van der Waals surface area contributed by atoms with Crippen LogP contribution in [0.1, 0.15) is 60.3 Å². The van der Waals surface area contributed by atoms with E-state index in [1.165, 1.54) is 0 Å². The van der Waals surface area contributed by atoms with Gasteiger partial charge in [0.05, 0.1) is 12.0 Å². The molecular weight excluding hydrogens is 204 g/mol. The Morgan fingerprint density at radius 1 is 1.31 bits per heavy atom. The number of unbranched alkanes of at least 4 members (excludes halogenated alkanes) is 2. The van der Waals surface area contributed by atoms with Crippen LogP contribution in [-0.2, 0) is 9.53 Å². The van der Waals surface area contributed by atoms with Crippen molar-refractivity contribution >= 4 is 5.97 Å². The Morgan fingerprint density at radius 3 is 2.25 bits per heavy atom. The Bertz CT molecular complexity index is 204. The van der Waals surface area contributed by atoms with E-state index < -0.39 is 11.7 Å². The van der Waals surface area contributed by atoms with Crippen molar-refractivity contribution in [3.63, 3.8) is 0 Å². The lowest BCUT2D eigenvalue weighted by Crippen LogP contribution is -2.33. The van der Waals surface area contributed by atoms with Gasteiger partial charge in [0, 0.05) is 0 Å². The summed E-state index contributed by atoms with van der Waals surface area (Å²) in [7, 11) is 0. The molecule has 1 N–H and O–H groups in total. The Labute approximate surface area is 99.2 Å². The highest BCUT2D eigenvalue weighted by Crippen LogP contribution is 2.19. The summed E-state index contributed by atoms with van der Waals surface area (Å²) in [4.78, 5) is 11.8. The SMILES string of the molecule is CCCCC[C@@H](C(=O)OC(C)(C)C)[C@H](C)O. The Hall–Kier alpha value is -0.570. The number of esters is 1. The highest BCUT2D eigenvalue weighted by atomic mass is 16.6. The van der Waals surface area contributed by atoms with Gasteiger partial charge in [-0.1, -0.05) is 26.2 Å². The van der Waals surface area contributed by atoms with Gasteiger partial charge >= 0.3 is 5.97 Å². The molecule has 0 aromatic heterocycles. The van der Waals surface area contributed by atoms with Gasteiger partial charge < -0.3 is 9.84 Å². The maximum atomic E-state index is 11.8. The molecular formula is C13H26O3. The average molecular weight is 230 g/mol. The predicted octanol–water partition coefficient (Wildman–Crippen LogP) is 2.91. The molecule has 0 bridgehead atoms. The summed E-state index contributed by atoms with van der Waals surface area (Å²) in [5, 5.41) is 9.58. The first-order chi connectivity index (χ1) is 7.28. The third-order valence-electron chi connectivity index (χ3n) is 2.41. The summed E-state index contributed by atoms with van der Waals surface area (Å²) in [6.07, 6.45) is 3.24. The molecule has 0 heterocycles. The van der Waals surface area contributed by atoms with Gasteiger partial charge in [0.15, 0.2) is 0 Å². The lowest BCUT2D eigenvalue weighted by Gasteiger charge is -2.25. The van der Waals surface area contributed by atoms with Gasteiger partial charge in [0.1, 0.15) is 5.60 Å². The van der Waals surface area contributed by atoms with Crippen molar-refractivity contribution < 1.29 is 14.6 Å². The molecule has 3 nitrogen and oxygen atoms in total. The second-order valence-corrected chi connectivity index (χ2v) is 5.38. The quantitative estimate of drug-likeness (QED) is 0.563. The molecule has 0 amide bonds. The van der Waals surface area contributed by atoms with E-state index in [2.05, 4.69) is 6.92 Å². The zero-order valence-electron chi connectivity index (χ0n) is 11.2. The van der Waals surface area contributed by atoms with Crippen molar-refractivity contribution in [3.8, 4) is 0 Å². The van der Waals surface area contributed by atoms with Crippen LogP contribution in [0.5, 0.6) is 0 Å². The number of hydrogen-bond acceptors (Lipinski definition) is 3. The first kappa shape index (κ1) is 15.4. The van der Waals surface area contributed by atoms with Gasteiger partial charge in [-0.3, -0.25) is 4.79 Å². The van der Waals surface area contributed by atoms with Gasteiger partial charge in [-0.05, 0) is 34.1 Å². The minimum absolute atomic E-state index is 0.279. The first-order valence-corrected chi connectivity index (χ1v) is 6.19. The monoisotopic (exact) mass is 230 g/mol. The molecule has 0 saturated heterocycles. The molecule has 2 atom stereocenters. The molecule has 0 saturated carbocycles. The Balaban J connectivity index is 4.25. The van der Waals surface area contributed by atoms with E-state index in [-0.39, 0.29) is 11.9 Å². The van der Waals surface area contributed by atoms with Crippen LogP contribution in [0.3, 0.4) is 0 Å². The second-order valence-electron chi connectivity index (χ2n) is 5.38. The molecule has 0 aliphatic rings. The molecule has 0 rings (SSSR count). The Kier molecular flexibility index (Phi) is 6.65. The average Bonchev–Trinajstić information content (AvgIpc) is 2.08. The molecule has 0 spiro atoms. The van der Waals surface area contributed by atoms with Gasteiger partial charge in [-0.15, -0.1) is 0 Å². The third kappa shape index (κ3) is 6.83. The zero-order valence-corrected chi connectivity index (χ0v) is 11.2. The maximum Gasteiger partial charge on any atom is 0.312 e. The van der Waals surface area contributed by atoms with Crippen LogP contribution in [0.2, 0.25) is 0 Å². The standard InChI is InChI=1S/C13H26O3/c1-6-7-8-9-11(10(2)14)12(15)16-13(3,4)5/h10-11,14H,6-9H2,1-5H3/t10-,11+/m0/s1. The van der Waals surface area contributed by atoms with Gasteiger partial charge in [0.2, 0.25) is 0 Å². The number of aliphatic hydroxyl groups is 1. The lowest BCUT2D eigenvalue weighted by molar-refractivity contribution is -0.164. The molecule has 16 heavy (non-hydrogen) atoms. The minimum Gasteiger partial charge on any atom is -0.460 e. The maximum absolute atomic E-state index is 11.8. The van der Waals surface area contributed by atoms with Crippen molar-refractivity contribution in [3.05, 3.63) is 0 Å². The van der Waals surface area contributed by atoms with E-state index in [0.29, 0.717) is 6.42 Å². The van der Waals surface area contributed by atoms with Crippen molar-refractivity contribution in [1.29, 1.82) is 0 Å². The van der Waals surface area contributed by atoms with Crippen LogP contribution in [0.25, 0.3) is 0 Å². The van der Waals surface area contributed by atoms with Crippen LogP contribution >= 0.6 is 0 Å². The second kappa shape index (κ2) is 6.89. The van der Waals surface area contributed by atoms with Crippen LogP contribution in [0.15, 0.2) is 0 Å². The number of hydrogen-bond donors (Lipinski definition) is 1. The molecule has 0 aliphatic heterocycles. The fraction of sp³-hybridized carbons (Fsp3) is 0.923. The molecule has 0 radical (unpaired) electrons. The summed E-state index contributed by atoms with van der Waals surface area (Å²) in [5.41, 5.74) is -0.477. The summed E-state index contributed by atoms with van der Waals surface area (Å²) >= 11 is 0. The van der Waals surface area contributed by atoms with Crippen LogP contribution < -0.4 is 0 Å². The van der Waals surface area contributed by atoms with E-state index in [1.807, 2.05) is 20.8 Å². The lowest BCUT2D eigenvalue weighted by atomic mass is 9.96. The molecule has 0 fully saturated rings. The summed E-state index contributed by atoms with van der Waals surface area (Å²) in [6, 6.07) is 0. The summed E-state index contributed by atoms with van der Waals surface area (Å²) < 4.78 is 5.29. The first-order valence-electron chi connectivity index (χ1n) is 6.19.